The highest BCUT2D eigenvalue weighted by Gasteiger charge is 1.98. The largest absolute Gasteiger partial charge is 0.383 e. The number of nitrogens with one attached hydrogen (secondary N) is 1. The number of anilines is 1. The summed E-state index contributed by atoms with van der Waals surface area (Å²) in [6.45, 7) is 3.57. The number of hydrogen-bond acceptors (Lipinski definition) is 4. The normalized spacial score (nSPS) is 10.8. The van der Waals surface area contributed by atoms with Crippen molar-refractivity contribution in [2.24, 2.45) is 0 Å². The highest BCUT2D eigenvalue weighted by molar-refractivity contribution is 9.10. The second kappa shape index (κ2) is 7.60. The first-order valence-corrected chi connectivity index (χ1v) is 6.05. The van der Waals surface area contributed by atoms with Gasteiger partial charge in [-0.05, 0) is 35.1 Å². The first-order chi connectivity index (χ1) is 7.72. The van der Waals surface area contributed by atoms with Gasteiger partial charge in [0.05, 0.1) is 6.61 Å². The second-order valence-corrected chi connectivity index (χ2v) is 4.38. The Morgan fingerprint density at radius 2 is 2.25 bits per heavy atom. The average Bonchev–Trinajstić information content (AvgIpc) is 2.26. The zero-order valence-corrected chi connectivity index (χ0v) is 11.3. The van der Waals surface area contributed by atoms with Gasteiger partial charge < -0.3 is 15.0 Å². The van der Waals surface area contributed by atoms with Crippen LogP contribution >= 0.6 is 15.9 Å². The summed E-state index contributed by atoms with van der Waals surface area (Å²) in [6, 6.07) is 5.84. The molecular weight excluding hydrogens is 270 g/mol. The fourth-order valence-electron chi connectivity index (χ4n) is 1.24. The third-order valence-electron chi connectivity index (χ3n) is 2.19. The van der Waals surface area contributed by atoms with Crippen LogP contribution in [0.1, 0.15) is 0 Å². The number of pyridine rings is 1. The summed E-state index contributed by atoms with van der Waals surface area (Å²) in [4.78, 5) is 6.51. The van der Waals surface area contributed by atoms with Crippen molar-refractivity contribution in [2.45, 2.75) is 0 Å². The smallest absolute Gasteiger partial charge is 0.127 e. The Labute approximate surface area is 105 Å². The molecule has 1 aromatic heterocycles. The van der Waals surface area contributed by atoms with E-state index in [1.807, 2.05) is 18.2 Å². The van der Waals surface area contributed by atoms with Crippen molar-refractivity contribution in [3.8, 4) is 0 Å². The molecule has 0 saturated carbocycles. The van der Waals surface area contributed by atoms with Crippen LogP contribution in [0, 0.1) is 0 Å². The number of nitrogens with zero attached hydrogens (tertiary/aromatic N) is 2. The number of hydrogen-bond donors (Lipinski definition) is 1. The van der Waals surface area contributed by atoms with E-state index >= 15 is 0 Å². The van der Waals surface area contributed by atoms with Crippen LogP contribution in [0.15, 0.2) is 22.8 Å². The molecule has 1 heterocycles. The molecule has 1 N–H and O–H groups in total. The Balaban J connectivity index is 2.20. The predicted octanol–water partition coefficient (Wildman–Crippen LogP) is 1.83. The quantitative estimate of drug-likeness (QED) is 0.777. The molecule has 0 fully saturated rings. The van der Waals surface area contributed by atoms with Gasteiger partial charge in [-0.25, -0.2) is 4.98 Å². The predicted molar refractivity (Wildman–Crippen MR) is 69.8 cm³/mol. The minimum atomic E-state index is 0.769. The Kier molecular flexibility index (Phi) is 6.37. The first-order valence-electron chi connectivity index (χ1n) is 5.26. The lowest BCUT2D eigenvalue weighted by molar-refractivity contribution is 0.163. The van der Waals surface area contributed by atoms with Gasteiger partial charge in [-0.3, -0.25) is 0 Å². The van der Waals surface area contributed by atoms with Crippen molar-refractivity contribution in [1.82, 2.24) is 9.88 Å². The van der Waals surface area contributed by atoms with Crippen molar-refractivity contribution >= 4 is 21.7 Å². The fourth-order valence-corrected chi connectivity index (χ4v) is 1.58. The van der Waals surface area contributed by atoms with Crippen molar-refractivity contribution in [3.63, 3.8) is 0 Å². The number of rotatable bonds is 7. The Morgan fingerprint density at radius 1 is 1.44 bits per heavy atom. The van der Waals surface area contributed by atoms with E-state index in [9.17, 15) is 0 Å². The van der Waals surface area contributed by atoms with Crippen LogP contribution in [0.25, 0.3) is 0 Å². The lowest BCUT2D eigenvalue weighted by Crippen LogP contribution is -2.28. The third kappa shape index (κ3) is 5.44. The molecule has 0 spiro atoms. The number of likely N-dealkylation sites (N-methyl/N-ethyl adjacent to an activating group) is 1. The van der Waals surface area contributed by atoms with Crippen molar-refractivity contribution in [1.29, 1.82) is 0 Å². The number of methoxy groups -OCH3 is 1. The average molecular weight is 288 g/mol. The molecule has 16 heavy (non-hydrogen) atoms. The van der Waals surface area contributed by atoms with Crippen molar-refractivity contribution in [2.75, 3.05) is 45.7 Å². The third-order valence-corrected chi connectivity index (χ3v) is 2.63. The van der Waals surface area contributed by atoms with Crippen LogP contribution in [0.2, 0.25) is 0 Å². The van der Waals surface area contributed by atoms with E-state index in [1.54, 1.807) is 7.11 Å². The summed E-state index contributed by atoms with van der Waals surface area (Å²) >= 11 is 3.34. The lowest BCUT2D eigenvalue weighted by Gasteiger charge is -2.16. The maximum Gasteiger partial charge on any atom is 0.127 e. The molecule has 4 nitrogen and oxygen atoms in total. The van der Waals surface area contributed by atoms with Crippen LogP contribution in [-0.2, 0) is 4.74 Å². The first kappa shape index (κ1) is 13.4. The standard InChI is InChI=1S/C11H18BrN3O/c1-15(8-9-16-2)7-6-13-11-5-3-4-10(12)14-11/h3-5H,6-9H2,1-2H3,(H,13,14). The molecule has 5 heteroatoms. The van der Waals surface area contributed by atoms with Gasteiger partial charge in [0.1, 0.15) is 10.4 Å². The Morgan fingerprint density at radius 3 is 2.94 bits per heavy atom. The number of halogens is 1. The Hall–Kier alpha value is -0.650. The maximum atomic E-state index is 5.01. The summed E-state index contributed by atoms with van der Waals surface area (Å²) < 4.78 is 5.86. The highest BCUT2D eigenvalue weighted by Crippen LogP contribution is 2.09. The van der Waals surface area contributed by atoms with E-state index in [-0.39, 0.29) is 0 Å². The summed E-state index contributed by atoms with van der Waals surface area (Å²) in [5.74, 6) is 0.898. The van der Waals surface area contributed by atoms with Gasteiger partial charge in [0.15, 0.2) is 0 Å². The molecule has 0 amide bonds. The van der Waals surface area contributed by atoms with Crippen molar-refractivity contribution < 1.29 is 4.74 Å². The maximum absolute atomic E-state index is 5.01. The fraction of sp³-hybridized carbons (Fsp3) is 0.545. The summed E-state index contributed by atoms with van der Waals surface area (Å²) in [7, 11) is 3.80. The van der Waals surface area contributed by atoms with Gasteiger partial charge in [-0.15, -0.1) is 0 Å². The van der Waals surface area contributed by atoms with E-state index in [2.05, 4.69) is 38.2 Å². The molecule has 0 aliphatic heterocycles. The van der Waals surface area contributed by atoms with Gasteiger partial charge in [0.2, 0.25) is 0 Å². The molecule has 0 bridgehead atoms. The van der Waals surface area contributed by atoms with Gasteiger partial charge in [0.25, 0.3) is 0 Å². The summed E-state index contributed by atoms with van der Waals surface area (Å²) in [5.41, 5.74) is 0. The van der Waals surface area contributed by atoms with Crippen molar-refractivity contribution in [3.05, 3.63) is 22.8 Å². The molecule has 0 radical (unpaired) electrons. The lowest BCUT2D eigenvalue weighted by atomic mass is 10.4. The molecular formula is C11H18BrN3O. The molecule has 90 valence electrons. The zero-order chi connectivity index (χ0) is 11.8. The van der Waals surface area contributed by atoms with E-state index in [1.165, 1.54) is 0 Å². The van der Waals surface area contributed by atoms with Crippen LogP contribution in [0.3, 0.4) is 0 Å². The molecule has 0 aliphatic rings. The molecule has 0 unspecified atom stereocenters. The zero-order valence-electron chi connectivity index (χ0n) is 9.74. The monoisotopic (exact) mass is 287 g/mol. The van der Waals surface area contributed by atoms with Crippen LogP contribution in [0.5, 0.6) is 0 Å². The number of aromatic nitrogens is 1. The van der Waals surface area contributed by atoms with E-state index in [0.29, 0.717) is 0 Å². The second-order valence-electron chi connectivity index (χ2n) is 3.57. The topological polar surface area (TPSA) is 37.4 Å². The van der Waals surface area contributed by atoms with Gasteiger partial charge in [-0.2, -0.15) is 0 Å². The molecule has 0 aromatic carbocycles. The van der Waals surface area contributed by atoms with E-state index < -0.39 is 0 Å². The van der Waals surface area contributed by atoms with Gasteiger partial charge in [-0.1, -0.05) is 6.07 Å². The van der Waals surface area contributed by atoms with Crippen LogP contribution < -0.4 is 5.32 Å². The van der Waals surface area contributed by atoms with Gasteiger partial charge >= 0.3 is 0 Å². The van der Waals surface area contributed by atoms with Gasteiger partial charge in [0, 0.05) is 26.7 Å². The van der Waals surface area contributed by atoms with Crippen LogP contribution in [0.4, 0.5) is 5.82 Å². The van der Waals surface area contributed by atoms with E-state index in [0.717, 1.165) is 36.7 Å². The SMILES string of the molecule is COCCN(C)CCNc1cccc(Br)n1. The molecule has 0 atom stereocenters. The minimum Gasteiger partial charge on any atom is -0.383 e. The van der Waals surface area contributed by atoms with Crippen LogP contribution in [-0.4, -0.2) is 50.3 Å². The minimum absolute atomic E-state index is 0.769. The van der Waals surface area contributed by atoms with E-state index in [4.69, 9.17) is 4.74 Å². The summed E-state index contributed by atoms with van der Waals surface area (Å²) in [5, 5.41) is 3.27. The highest BCUT2D eigenvalue weighted by atomic mass is 79.9. The summed E-state index contributed by atoms with van der Waals surface area (Å²) in [6.07, 6.45) is 0. The molecule has 1 rings (SSSR count). The number of ether oxygens (including phenoxy) is 1. The molecule has 0 aliphatic carbocycles. The Bertz CT molecular complexity index is 309. The molecule has 1 aromatic rings. The molecule has 0 saturated heterocycles.